The van der Waals surface area contributed by atoms with Gasteiger partial charge < -0.3 is 5.11 Å². The Morgan fingerprint density at radius 3 is 1.90 bits per heavy atom. The molecule has 1 heterocycles. The second kappa shape index (κ2) is 1.94. The minimum atomic E-state index is -1.54. The lowest BCUT2D eigenvalue weighted by molar-refractivity contribution is -0.134. The van der Waals surface area contributed by atoms with Crippen LogP contribution in [0.4, 0.5) is 4.79 Å². The van der Waals surface area contributed by atoms with E-state index in [4.69, 9.17) is 5.11 Å². The second-order valence-corrected chi connectivity index (χ2v) is 1.63. The molecule has 0 spiro atoms. The Balaban J connectivity index is 2.90. The van der Waals surface area contributed by atoms with Crippen molar-refractivity contribution < 1.29 is 19.5 Å². The van der Waals surface area contributed by atoms with E-state index >= 15 is 0 Å². The average Bonchev–Trinajstić information content (AvgIpc) is 2.11. The van der Waals surface area contributed by atoms with Gasteiger partial charge in [0.05, 0.1) is 0 Å². The van der Waals surface area contributed by atoms with Gasteiger partial charge in [-0.1, -0.05) is 0 Å². The fraction of sp³-hybridized carbons (Fsp3) is 0. The number of imide groups is 3. The molecule has 0 saturated carbocycles. The summed E-state index contributed by atoms with van der Waals surface area (Å²) in [6.07, 6.45) is 0.285. The van der Waals surface area contributed by atoms with E-state index in [1.165, 1.54) is 0 Å². The molecule has 5 nitrogen and oxygen atoms in total. The zero-order valence-corrected chi connectivity index (χ0v) is 4.77. The number of rotatable bonds is 0. The van der Waals surface area contributed by atoms with E-state index in [0.717, 1.165) is 12.2 Å². The number of hydrogen-bond donors (Lipinski definition) is 1. The first-order chi connectivity index (χ1) is 4.63. The monoisotopic (exact) mass is 141 g/mol. The standard InChI is InChI=1S/C5H3NO4/c7-3-1-2-4(8)6(3)5(9)10/h1-2H,(H,9,10). The van der Waals surface area contributed by atoms with E-state index in [1.54, 1.807) is 0 Å². The van der Waals surface area contributed by atoms with Crippen LogP contribution in [0, 0.1) is 0 Å². The predicted octanol–water partition coefficient (Wildman–Crippen LogP) is -0.411. The van der Waals surface area contributed by atoms with Crippen molar-refractivity contribution >= 4 is 17.9 Å². The van der Waals surface area contributed by atoms with Crippen LogP contribution in [-0.4, -0.2) is 27.9 Å². The van der Waals surface area contributed by atoms with Gasteiger partial charge in [-0.15, -0.1) is 0 Å². The molecule has 0 aromatic rings. The summed E-state index contributed by atoms with van der Waals surface area (Å²) in [7, 11) is 0. The largest absolute Gasteiger partial charge is 0.464 e. The van der Waals surface area contributed by atoms with E-state index in [2.05, 4.69) is 0 Å². The number of hydrogen-bond acceptors (Lipinski definition) is 3. The summed E-state index contributed by atoms with van der Waals surface area (Å²) >= 11 is 0. The van der Waals surface area contributed by atoms with E-state index < -0.39 is 17.9 Å². The molecule has 0 aliphatic carbocycles. The fourth-order valence-corrected chi connectivity index (χ4v) is 0.589. The zero-order valence-electron chi connectivity index (χ0n) is 4.77. The third kappa shape index (κ3) is 0.771. The lowest BCUT2D eigenvalue weighted by Crippen LogP contribution is -2.34. The van der Waals surface area contributed by atoms with Gasteiger partial charge in [-0.25, -0.2) is 4.79 Å². The lowest BCUT2D eigenvalue weighted by atomic mass is 10.6. The van der Waals surface area contributed by atoms with Crippen LogP contribution in [0.1, 0.15) is 0 Å². The number of amides is 3. The van der Waals surface area contributed by atoms with Crippen LogP contribution in [0.5, 0.6) is 0 Å². The number of nitrogens with zero attached hydrogens (tertiary/aromatic N) is 1. The van der Waals surface area contributed by atoms with E-state index in [-0.39, 0.29) is 4.90 Å². The molecule has 0 atom stereocenters. The van der Waals surface area contributed by atoms with Crippen LogP contribution in [-0.2, 0) is 9.59 Å². The Morgan fingerprint density at radius 1 is 1.30 bits per heavy atom. The molecule has 0 unspecified atom stereocenters. The van der Waals surface area contributed by atoms with Gasteiger partial charge in [0.25, 0.3) is 11.8 Å². The molecule has 5 heteroatoms. The van der Waals surface area contributed by atoms with Gasteiger partial charge in [0.15, 0.2) is 0 Å². The van der Waals surface area contributed by atoms with Crippen molar-refractivity contribution in [3.63, 3.8) is 0 Å². The first-order valence-corrected chi connectivity index (χ1v) is 2.42. The van der Waals surface area contributed by atoms with Gasteiger partial charge >= 0.3 is 6.09 Å². The Kier molecular flexibility index (Phi) is 1.26. The van der Waals surface area contributed by atoms with E-state index in [9.17, 15) is 14.4 Å². The summed E-state index contributed by atoms with van der Waals surface area (Å²) in [6, 6.07) is 0. The highest BCUT2D eigenvalue weighted by atomic mass is 16.4. The zero-order chi connectivity index (χ0) is 7.72. The topological polar surface area (TPSA) is 74.7 Å². The molecular weight excluding hydrogens is 138 g/mol. The van der Waals surface area contributed by atoms with Crippen molar-refractivity contribution in [2.45, 2.75) is 0 Å². The van der Waals surface area contributed by atoms with Crippen LogP contribution in [0.3, 0.4) is 0 Å². The molecule has 10 heavy (non-hydrogen) atoms. The molecule has 0 radical (unpaired) electrons. The minimum absolute atomic E-state index is 0.139. The Morgan fingerprint density at radius 2 is 1.70 bits per heavy atom. The Labute approximate surface area is 55.5 Å². The van der Waals surface area contributed by atoms with Gasteiger partial charge in [0, 0.05) is 12.2 Å². The SMILES string of the molecule is O=C(O)N1C(=O)C=CC1=O. The highest BCUT2D eigenvalue weighted by Crippen LogP contribution is 2.02. The molecule has 0 saturated heterocycles. The normalized spacial score (nSPS) is 16.6. The summed E-state index contributed by atoms with van der Waals surface area (Å²) in [5.74, 6) is -1.62. The molecule has 52 valence electrons. The van der Waals surface area contributed by atoms with Crippen LogP contribution >= 0.6 is 0 Å². The van der Waals surface area contributed by atoms with Crippen LogP contribution in [0.15, 0.2) is 12.2 Å². The van der Waals surface area contributed by atoms with Gasteiger partial charge in [0.1, 0.15) is 0 Å². The molecule has 1 N–H and O–H groups in total. The van der Waals surface area contributed by atoms with Gasteiger partial charge in [-0.2, -0.15) is 4.90 Å². The smallest absolute Gasteiger partial charge is 0.421 e. The van der Waals surface area contributed by atoms with E-state index in [1.807, 2.05) is 0 Å². The molecule has 0 bridgehead atoms. The van der Waals surface area contributed by atoms with Crippen molar-refractivity contribution in [2.75, 3.05) is 0 Å². The van der Waals surface area contributed by atoms with Gasteiger partial charge in [-0.3, -0.25) is 9.59 Å². The van der Waals surface area contributed by atoms with Gasteiger partial charge in [0.2, 0.25) is 0 Å². The van der Waals surface area contributed by atoms with Crippen LogP contribution in [0.25, 0.3) is 0 Å². The quantitative estimate of drug-likeness (QED) is 0.465. The molecule has 3 amide bonds. The third-order valence-electron chi connectivity index (χ3n) is 1.00. The molecule has 1 aliphatic heterocycles. The fourth-order valence-electron chi connectivity index (χ4n) is 0.589. The maximum absolute atomic E-state index is 10.5. The summed E-state index contributed by atoms with van der Waals surface area (Å²) in [5.41, 5.74) is 0. The summed E-state index contributed by atoms with van der Waals surface area (Å²) < 4.78 is 0. The molecule has 0 fully saturated rings. The average molecular weight is 141 g/mol. The molecule has 0 aromatic carbocycles. The predicted molar refractivity (Wildman–Crippen MR) is 29.0 cm³/mol. The first kappa shape index (κ1) is 6.47. The molecule has 1 aliphatic rings. The summed E-state index contributed by atoms with van der Waals surface area (Å²) in [6.45, 7) is 0. The first-order valence-electron chi connectivity index (χ1n) is 2.42. The molecular formula is C5H3NO4. The maximum Gasteiger partial charge on any atom is 0.421 e. The van der Waals surface area contributed by atoms with Crippen molar-refractivity contribution in [3.8, 4) is 0 Å². The van der Waals surface area contributed by atoms with Crippen LogP contribution < -0.4 is 0 Å². The second-order valence-electron chi connectivity index (χ2n) is 1.63. The summed E-state index contributed by atoms with van der Waals surface area (Å²) in [4.78, 5) is 31.1. The van der Waals surface area contributed by atoms with Crippen molar-refractivity contribution in [3.05, 3.63) is 12.2 Å². The third-order valence-corrected chi connectivity index (χ3v) is 1.00. The number of carbonyl (C=O) groups excluding carboxylic acids is 2. The number of carbonyl (C=O) groups is 3. The molecule has 0 aromatic heterocycles. The summed E-state index contributed by atoms with van der Waals surface area (Å²) in [5, 5.41) is 8.20. The maximum atomic E-state index is 10.5. The van der Waals surface area contributed by atoms with E-state index in [0.29, 0.717) is 0 Å². The van der Waals surface area contributed by atoms with Crippen molar-refractivity contribution in [2.24, 2.45) is 0 Å². The Hall–Kier alpha value is -1.65. The van der Waals surface area contributed by atoms with Crippen molar-refractivity contribution in [1.82, 2.24) is 4.90 Å². The highest BCUT2D eigenvalue weighted by Gasteiger charge is 2.29. The molecule has 1 rings (SSSR count). The minimum Gasteiger partial charge on any atom is -0.464 e. The van der Waals surface area contributed by atoms with Gasteiger partial charge in [-0.05, 0) is 0 Å². The van der Waals surface area contributed by atoms with Crippen molar-refractivity contribution in [1.29, 1.82) is 0 Å². The number of carboxylic acid groups (broad SMARTS) is 1. The van der Waals surface area contributed by atoms with Crippen LogP contribution in [0.2, 0.25) is 0 Å². The lowest BCUT2D eigenvalue weighted by Gasteiger charge is -2.03. The highest BCUT2D eigenvalue weighted by molar-refractivity contribution is 6.21. The Bertz CT molecular complexity index is 224.